The van der Waals surface area contributed by atoms with E-state index in [9.17, 15) is 9.59 Å². The highest BCUT2D eigenvalue weighted by Crippen LogP contribution is 2.22. The molecule has 0 bridgehead atoms. The molecule has 2 N–H and O–H groups in total. The van der Waals surface area contributed by atoms with Gasteiger partial charge < -0.3 is 24.7 Å². The second-order valence-corrected chi connectivity index (χ2v) is 6.58. The predicted molar refractivity (Wildman–Crippen MR) is 104 cm³/mol. The van der Waals surface area contributed by atoms with Crippen LogP contribution < -0.4 is 15.4 Å². The van der Waals surface area contributed by atoms with Gasteiger partial charge in [0.1, 0.15) is 11.4 Å². The highest BCUT2D eigenvalue weighted by atomic mass is 16.5. The number of hydrogen-bond acceptors (Lipinski definition) is 5. The zero-order valence-corrected chi connectivity index (χ0v) is 16.3. The SMILES string of the molecule is COCCNC(=O)c1nc(C(=O)NCc2ccccc2OC)c2n1CCCC2. The molecule has 2 aromatic rings. The van der Waals surface area contributed by atoms with Gasteiger partial charge in [-0.1, -0.05) is 18.2 Å². The van der Waals surface area contributed by atoms with E-state index in [2.05, 4.69) is 15.6 Å². The second kappa shape index (κ2) is 9.36. The molecule has 0 aliphatic carbocycles. The molecule has 0 fully saturated rings. The Morgan fingerprint density at radius 3 is 2.75 bits per heavy atom. The van der Waals surface area contributed by atoms with E-state index in [1.54, 1.807) is 14.2 Å². The van der Waals surface area contributed by atoms with Crippen LogP contribution in [0.4, 0.5) is 0 Å². The highest BCUT2D eigenvalue weighted by Gasteiger charge is 2.27. The summed E-state index contributed by atoms with van der Waals surface area (Å²) in [6, 6.07) is 7.52. The number of ether oxygens (including phenoxy) is 2. The molecule has 2 amide bonds. The molecule has 1 aliphatic rings. The van der Waals surface area contributed by atoms with E-state index in [-0.39, 0.29) is 17.6 Å². The molecule has 1 aromatic carbocycles. The van der Waals surface area contributed by atoms with Crippen molar-refractivity contribution in [3.8, 4) is 5.75 Å². The van der Waals surface area contributed by atoms with Crippen LogP contribution in [0.15, 0.2) is 24.3 Å². The van der Waals surface area contributed by atoms with Gasteiger partial charge in [-0.3, -0.25) is 9.59 Å². The summed E-state index contributed by atoms with van der Waals surface area (Å²) in [5, 5.41) is 5.68. The molecule has 1 aliphatic heterocycles. The molecule has 0 atom stereocenters. The van der Waals surface area contributed by atoms with Crippen LogP contribution in [0, 0.1) is 0 Å². The van der Waals surface area contributed by atoms with Crippen LogP contribution in [0.3, 0.4) is 0 Å². The molecular formula is C20H26N4O4. The van der Waals surface area contributed by atoms with E-state index >= 15 is 0 Å². The number of rotatable bonds is 8. The Labute approximate surface area is 164 Å². The zero-order valence-electron chi connectivity index (χ0n) is 16.3. The van der Waals surface area contributed by atoms with Crippen molar-refractivity contribution in [1.82, 2.24) is 20.2 Å². The Morgan fingerprint density at radius 2 is 1.96 bits per heavy atom. The lowest BCUT2D eigenvalue weighted by atomic mass is 10.1. The average Bonchev–Trinajstić information content (AvgIpc) is 3.12. The van der Waals surface area contributed by atoms with Gasteiger partial charge in [0.05, 0.1) is 19.4 Å². The van der Waals surface area contributed by atoms with Crippen LogP contribution in [0.5, 0.6) is 5.75 Å². The van der Waals surface area contributed by atoms with Gasteiger partial charge in [0, 0.05) is 32.3 Å². The minimum Gasteiger partial charge on any atom is -0.496 e. The van der Waals surface area contributed by atoms with Crippen LogP contribution in [0.2, 0.25) is 0 Å². The third kappa shape index (κ3) is 4.33. The molecule has 150 valence electrons. The van der Waals surface area contributed by atoms with Gasteiger partial charge in [-0.2, -0.15) is 0 Å². The van der Waals surface area contributed by atoms with Crippen LogP contribution in [0.1, 0.15) is 45.2 Å². The summed E-state index contributed by atoms with van der Waals surface area (Å²) < 4.78 is 12.1. The summed E-state index contributed by atoms with van der Waals surface area (Å²) in [7, 11) is 3.18. The normalized spacial score (nSPS) is 12.9. The number of nitrogens with zero attached hydrogens (tertiary/aromatic N) is 2. The Balaban J connectivity index is 1.77. The third-order valence-electron chi connectivity index (χ3n) is 4.76. The van der Waals surface area contributed by atoms with Gasteiger partial charge in [0.25, 0.3) is 11.8 Å². The molecular weight excluding hydrogens is 360 g/mol. The summed E-state index contributed by atoms with van der Waals surface area (Å²) in [5.41, 5.74) is 2.02. The number of amides is 2. The zero-order chi connectivity index (χ0) is 19.9. The lowest BCUT2D eigenvalue weighted by molar-refractivity contribution is 0.0921. The maximum absolute atomic E-state index is 12.8. The molecule has 0 spiro atoms. The number of carbonyl (C=O) groups is 2. The average molecular weight is 386 g/mol. The van der Waals surface area contributed by atoms with Crippen LogP contribution in [-0.4, -0.2) is 48.7 Å². The Hall–Kier alpha value is -2.87. The summed E-state index contributed by atoms with van der Waals surface area (Å²) >= 11 is 0. The van der Waals surface area contributed by atoms with E-state index in [1.807, 2.05) is 28.8 Å². The summed E-state index contributed by atoms with van der Waals surface area (Å²) in [6.07, 6.45) is 2.67. The van der Waals surface area contributed by atoms with Crippen molar-refractivity contribution in [2.45, 2.75) is 32.4 Å². The Bertz CT molecular complexity index is 847. The van der Waals surface area contributed by atoms with Gasteiger partial charge >= 0.3 is 0 Å². The first-order valence-corrected chi connectivity index (χ1v) is 9.42. The first kappa shape index (κ1) is 19.9. The minimum atomic E-state index is -0.288. The maximum atomic E-state index is 12.8. The van der Waals surface area contributed by atoms with Crippen LogP contribution in [0.25, 0.3) is 0 Å². The van der Waals surface area contributed by atoms with Crippen molar-refractivity contribution < 1.29 is 19.1 Å². The molecule has 3 rings (SSSR count). The molecule has 28 heavy (non-hydrogen) atoms. The highest BCUT2D eigenvalue weighted by molar-refractivity contribution is 5.97. The van der Waals surface area contributed by atoms with E-state index in [4.69, 9.17) is 9.47 Å². The molecule has 0 saturated carbocycles. The fraction of sp³-hybridized carbons (Fsp3) is 0.450. The second-order valence-electron chi connectivity index (χ2n) is 6.58. The molecule has 8 nitrogen and oxygen atoms in total. The van der Waals surface area contributed by atoms with Crippen molar-refractivity contribution in [3.63, 3.8) is 0 Å². The quantitative estimate of drug-likeness (QED) is 0.671. The summed E-state index contributed by atoms with van der Waals surface area (Å²) in [5.74, 6) is 0.428. The van der Waals surface area contributed by atoms with E-state index < -0.39 is 0 Å². The topological polar surface area (TPSA) is 94.5 Å². The predicted octanol–water partition coefficient (Wildman–Crippen LogP) is 1.53. The number of nitrogens with one attached hydrogen (secondary N) is 2. The largest absolute Gasteiger partial charge is 0.496 e. The molecule has 0 saturated heterocycles. The number of carbonyl (C=O) groups excluding carboxylic acids is 2. The first-order chi connectivity index (χ1) is 13.7. The third-order valence-corrected chi connectivity index (χ3v) is 4.76. The van der Waals surface area contributed by atoms with E-state index in [1.165, 1.54) is 0 Å². The fourth-order valence-electron chi connectivity index (χ4n) is 3.35. The standard InChI is InChI=1S/C20H26N4O4/c1-27-12-10-21-20(26)18-23-17(15-8-5-6-11-24(15)18)19(25)22-13-14-7-3-4-9-16(14)28-2/h3-4,7,9H,5-6,8,10-13H2,1-2H3,(H,21,26)(H,22,25). The summed E-state index contributed by atoms with van der Waals surface area (Å²) in [4.78, 5) is 29.7. The number of para-hydroxylation sites is 1. The number of benzene rings is 1. The Morgan fingerprint density at radius 1 is 1.14 bits per heavy atom. The Kier molecular flexibility index (Phi) is 6.65. The van der Waals surface area contributed by atoms with Crippen LogP contribution >= 0.6 is 0 Å². The molecule has 1 aromatic heterocycles. The maximum Gasteiger partial charge on any atom is 0.287 e. The van der Waals surface area contributed by atoms with Gasteiger partial charge in [0.15, 0.2) is 5.82 Å². The molecule has 0 unspecified atom stereocenters. The van der Waals surface area contributed by atoms with Crippen LogP contribution in [-0.2, 0) is 24.2 Å². The van der Waals surface area contributed by atoms with Crippen molar-refractivity contribution in [2.75, 3.05) is 27.4 Å². The number of fused-ring (bicyclic) bond motifs is 1. The van der Waals surface area contributed by atoms with Crippen molar-refractivity contribution in [1.29, 1.82) is 0 Å². The van der Waals surface area contributed by atoms with Gasteiger partial charge in [-0.05, 0) is 25.3 Å². The lowest BCUT2D eigenvalue weighted by Crippen LogP contribution is -2.30. The summed E-state index contributed by atoms with van der Waals surface area (Å²) in [6.45, 7) is 1.83. The molecule has 0 radical (unpaired) electrons. The molecule has 2 heterocycles. The van der Waals surface area contributed by atoms with Crippen molar-refractivity contribution in [3.05, 3.63) is 47.0 Å². The smallest absolute Gasteiger partial charge is 0.287 e. The number of imidazole rings is 1. The molecule has 8 heteroatoms. The number of hydrogen-bond donors (Lipinski definition) is 2. The number of methoxy groups -OCH3 is 2. The van der Waals surface area contributed by atoms with E-state index in [0.29, 0.717) is 37.7 Å². The van der Waals surface area contributed by atoms with Gasteiger partial charge in [-0.25, -0.2) is 4.98 Å². The van der Waals surface area contributed by atoms with Crippen molar-refractivity contribution >= 4 is 11.8 Å². The minimum absolute atomic E-state index is 0.285. The van der Waals surface area contributed by atoms with E-state index in [0.717, 1.165) is 30.5 Å². The lowest BCUT2D eigenvalue weighted by Gasteiger charge is -2.17. The fourth-order valence-corrected chi connectivity index (χ4v) is 3.35. The monoisotopic (exact) mass is 386 g/mol. The van der Waals surface area contributed by atoms with Gasteiger partial charge in [0.2, 0.25) is 0 Å². The van der Waals surface area contributed by atoms with Gasteiger partial charge in [-0.15, -0.1) is 0 Å². The first-order valence-electron chi connectivity index (χ1n) is 9.42. The van der Waals surface area contributed by atoms with Crippen molar-refractivity contribution in [2.24, 2.45) is 0 Å². The number of aromatic nitrogens is 2.